The third kappa shape index (κ3) is 4.27. The van der Waals surface area contributed by atoms with Gasteiger partial charge in [-0.15, -0.1) is 0 Å². The van der Waals surface area contributed by atoms with E-state index in [0.29, 0.717) is 10.2 Å². The molecule has 24 heavy (non-hydrogen) atoms. The van der Waals surface area contributed by atoms with Crippen LogP contribution in [0.3, 0.4) is 0 Å². The van der Waals surface area contributed by atoms with E-state index in [1.165, 1.54) is 0 Å². The van der Waals surface area contributed by atoms with Gasteiger partial charge in [-0.3, -0.25) is 9.36 Å². The number of halogens is 2. The number of nitrogens with one attached hydrogen (secondary N) is 1. The van der Waals surface area contributed by atoms with E-state index in [4.69, 9.17) is 16.7 Å². The fourth-order valence-corrected chi connectivity index (χ4v) is 2.92. The lowest BCUT2D eigenvalue weighted by atomic mass is 10.2. The highest BCUT2D eigenvalue weighted by molar-refractivity contribution is 7.99. The van der Waals surface area contributed by atoms with Crippen LogP contribution < -0.4 is 5.32 Å². The fraction of sp³-hybridized carbons (Fsp3) is 0.267. The van der Waals surface area contributed by atoms with Gasteiger partial charge in [-0.1, -0.05) is 29.4 Å². The van der Waals surface area contributed by atoms with Crippen molar-refractivity contribution in [3.05, 3.63) is 41.2 Å². The van der Waals surface area contributed by atoms with Gasteiger partial charge in [-0.05, 0) is 24.6 Å². The van der Waals surface area contributed by atoms with Gasteiger partial charge in [0.05, 0.1) is 11.4 Å². The zero-order valence-corrected chi connectivity index (χ0v) is 14.3. The van der Waals surface area contributed by atoms with Gasteiger partial charge in [0, 0.05) is 17.4 Å². The van der Waals surface area contributed by atoms with E-state index in [0.717, 1.165) is 23.0 Å². The van der Waals surface area contributed by atoms with Crippen molar-refractivity contribution in [1.82, 2.24) is 14.9 Å². The van der Waals surface area contributed by atoms with Crippen molar-refractivity contribution in [3.63, 3.8) is 0 Å². The first-order chi connectivity index (χ1) is 11.4. The molecule has 0 radical (unpaired) electrons. The maximum absolute atomic E-state index is 12.5. The summed E-state index contributed by atoms with van der Waals surface area (Å²) in [6, 6.07) is 3.93. The number of aliphatic carboxylic acids is 1. The molecule has 128 valence electrons. The Hall–Kier alpha value is -2.06. The molecule has 0 fully saturated rings. The average Bonchev–Trinajstić information content (AvgIpc) is 3.01. The molecular formula is C15H15ClFN3O3S. The summed E-state index contributed by atoms with van der Waals surface area (Å²) in [4.78, 5) is 26.7. The van der Waals surface area contributed by atoms with Crippen LogP contribution in [0, 0.1) is 6.92 Å². The Bertz CT molecular complexity index is 753. The number of carboxylic acids is 1. The monoisotopic (exact) mass is 371 g/mol. The molecule has 0 aliphatic carbocycles. The third-order valence-electron chi connectivity index (χ3n) is 3.23. The number of rotatable bonds is 7. The number of nitrogens with zero attached hydrogens (tertiary/aromatic N) is 2. The minimum Gasteiger partial charge on any atom is -0.480 e. The molecule has 1 aromatic heterocycles. The smallest absolute Gasteiger partial charge is 0.328 e. The van der Waals surface area contributed by atoms with Crippen LogP contribution >= 0.6 is 23.4 Å². The SMILES string of the molecule is Cc1c(Cl)cccc1-n1ccnc1SCC(=O)NC(CF)C(=O)O. The van der Waals surface area contributed by atoms with Crippen molar-refractivity contribution in [1.29, 1.82) is 0 Å². The predicted octanol–water partition coefficient (Wildman–Crippen LogP) is 2.47. The highest BCUT2D eigenvalue weighted by Crippen LogP contribution is 2.26. The van der Waals surface area contributed by atoms with Crippen LogP contribution in [0.2, 0.25) is 5.02 Å². The highest BCUT2D eigenvalue weighted by Gasteiger charge is 2.20. The molecular weight excluding hydrogens is 357 g/mol. The summed E-state index contributed by atoms with van der Waals surface area (Å²) in [6.45, 7) is 0.708. The first kappa shape index (κ1) is 18.3. The Kier molecular flexibility index (Phi) is 6.22. The van der Waals surface area contributed by atoms with Crippen LogP contribution in [-0.4, -0.2) is 45.0 Å². The van der Waals surface area contributed by atoms with Crippen LogP contribution in [-0.2, 0) is 9.59 Å². The number of benzene rings is 1. The molecule has 2 N–H and O–H groups in total. The van der Waals surface area contributed by atoms with Gasteiger partial charge >= 0.3 is 5.97 Å². The van der Waals surface area contributed by atoms with Gasteiger partial charge < -0.3 is 10.4 Å². The summed E-state index contributed by atoms with van der Waals surface area (Å²) in [5, 5.41) is 12.0. The highest BCUT2D eigenvalue weighted by atomic mass is 35.5. The molecule has 6 nitrogen and oxygen atoms in total. The quantitative estimate of drug-likeness (QED) is 0.730. The minimum absolute atomic E-state index is 0.0829. The normalized spacial score (nSPS) is 12.0. The van der Waals surface area contributed by atoms with Crippen molar-refractivity contribution >= 4 is 35.2 Å². The zero-order valence-electron chi connectivity index (χ0n) is 12.7. The molecule has 0 saturated carbocycles. The van der Waals surface area contributed by atoms with Crippen molar-refractivity contribution in [2.24, 2.45) is 0 Å². The van der Waals surface area contributed by atoms with E-state index in [1.807, 2.05) is 19.1 Å². The first-order valence-electron chi connectivity index (χ1n) is 6.93. The second kappa shape index (κ2) is 8.16. The molecule has 1 heterocycles. The van der Waals surface area contributed by atoms with Crippen LogP contribution in [0.4, 0.5) is 4.39 Å². The number of imidazole rings is 1. The van der Waals surface area contributed by atoms with E-state index in [-0.39, 0.29) is 5.75 Å². The number of carbonyl (C=O) groups is 2. The number of hydrogen-bond acceptors (Lipinski definition) is 4. The molecule has 2 rings (SSSR count). The van der Waals surface area contributed by atoms with E-state index in [9.17, 15) is 14.0 Å². The number of carboxylic acid groups (broad SMARTS) is 1. The van der Waals surface area contributed by atoms with Crippen molar-refractivity contribution in [3.8, 4) is 5.69 Å². The molecule has 0 aliphatic rings. The van der Waals surface area contributed by atoms with E-state index in [1.54, 1.807) is 23.0 Å². The minimum atomic E-state index is -1.53. The molecule has 0 bridgehead atoms. The van der Waals surface area contributed by atoms with E-state index >= 15 is 0 Å². The maximum atomic E-state index is 12.5. The average molecular weight is 372 g/mol. The topological polar surface area (TPSA) is 84.2 Å². The van der Waals surface area contributed by atoms with Crippen LogP contribution in [0.1, 0.15) is 5.56 Å². The molecule has 1 atom stereocenters. The van der Waals surface area contributed by atoms with E-state index < -0.39 is 24.6 Å². The molecule has 0 spiro atoms. The van der Waals surface area contributed by atoms with Gasteiger partial charge in [0.25, 0.3) is 0 Å². The second-order valence-electron chi connectivity index (χ2n) is 4.87. The molecule has 2 aromatic rings. The number of hydrogen-bond donors (Lipinski definition) is 2. The summed E-state index contributed by atoms with van der Waals surface area (Å²) in [5.41, 5.74) is 1.70. The predicted molar refractivity (Wildman–Crippen MR) is 89.6 cm³/mol. The number of amides is 1. The Balaban J connectivity index is 2.08. The summed E-state index contributed by atoms with van der Waals surface area (Å²) in [7, 11) is 0. The zero-order chi connectivity index (χ0) is 17.7. The fourth-order valence-electron chi connectivity index (χ4n) is 1.97. The van der Waals surface area contributed by atoms with Crippen molar-refractivity contribution in [2.75, 3.05) is 12.4 Å². The van der Waals surface area contributed by atoms with Gasteiger partial charge in [-0.2, -0.15) is 0 Å². The summed E-state index contributed by atoms with van der Waals surface area (Å²) < 4.78 is 14.3. The number of alkyl halides is 1. The standard InChI is InChI=1S/C15H15ClFN3O3S/c1-9-10(16)3-2-4-12(9)20-6-5-18-15(20)24-8-13(21)19-11(7-17)14(22)23/h2-6,11H,7-8H2,1H3,(H,19,21)(H,22,23). The molecule has 1 aromatic carbocycles. The largest absolute Gasteiger partial charge is 0.480 e. The Morgan fingerprint density at radius 3 is 2.92 bits per heavy atom. The van der Waals surface area contributed by atoms with Crippen LogP contribution in [0.25, 0.3) is 5.69 Å². The third-order valence-corrected chi connectivity index (χ3v) is 4.60. The van der Waals surface area contributed by atoms with Gasteiger partial charge in [0.1, 0.15) is 6.67 Å². The van der Waals surface area contributed by atoms with Crippen LogP contribution in [0.5, 0.6) is 0 Å². The first-order valence-corrected chi connectivity index (χ1v) is 8.30. The second-order valence-corrected chi connectivity index (χ2v) is 6.21. The summed E-state index contributed by atoms with van der Waals surface area (Å²) in [5.74, 6) is -2.07. The number of carbonyl (C=O) groups excluding carboxylic acids is 1. The van der Waals surface area contributed by atoms with Crippen molar-refractivity contribution in [2.45, 2.75) is 18.1 Å². The lowest BCUT2D eigenvalue weighted by Crippen LogP contribution is -2.43. The lowest BCUT2D eigenvalue weighted by Gasteiger charge is -2.12. The van der Waals surface area contributed by atoms with Gasteiger partial charge in [0.15, 0.2) is 11.2 Å². The Labute approximate surface area is 147 Å². The molecule has 0 saturated heterocycles. The molecule has 0 aliphatic heterocycles. The molecule has 1 unspecified atom stereocenters. The summed E-state index contributed by atoms with van der Waals surface area (Å²) in [6.07, 6.45) is 3.32. The lowest BCUT2D eigenvalue weighted by molar-refractivity contribution is -0.141. The number of thioether (sulfide) groups is 1. The molecule has 1 amide bonds. The maximum Gasteiger partial charge on any atom is 0.328 e. The van der Waals surface area contributed by atoms with Crippen LogP contribution in [0.15, 0.2) is 35.7 Å². The van der Waals surface area contributed by atoms with E-state index in [2.05, 4.69) is 10.3 Å². The van der Waals surface area contributed by atoms with Crippen molar-refractivity contribution < 1.29 is 19.1 Å². The van der Waals surface area contributed by atoms with Gasteiger partial charge in [-0.25, -0.2) is 14.2 Å². The molecule has 9 heteroatoms. The Morgan fingerprint density at radius 2 is 2.25 bits per heavy atom. The Morgan fingerprint density at radius 1 is 1.50 bits per heavy atom. The number of aromatic nitrogens is 2. The summed E-state index contributed by atoms with van der Waals surface area (Å²) >= 11 is 7.23. The van der Waals surface area contributed by atoms with Gasteiger partial charge in [0.2, 0.25) is 5.91 Å².